The van der Waals surface area contributed by atoms with Gasteiger partial charge in [0.15, 0.2) is 0 Å². The van der Waals surface area contributed by atoms with Crippen molar-refractivity contribution in [2.24, 2.45) is 0 Å². The van der Waals surface area contributed by atoms with Gasteiger partial charge in [0, 0.05) is 11.1 Å². The first-order valence-electron chi connectivity index (χ1n) is 5.87. The third-order valence-electron chi connectivity index (χ3n) is 2.74. The summed E-state index contributed by atoms with van der Waals surface area (Å²) in [5.41, 5.74) is 1.68. The highest BCUT2D eigenvalue weighted by Crippen LogP contribution is 2.29. The van der Waals surface area contributed by atoms with Gasteiger partial charge in [-0.2, -0.15) is 0 Å². The van der Waals surface area contributed by atoms with Crippen LogP contribution in [-0.4, -0.2) is 15.0 Å². The zero-order chi connectivity index (χ0) is 13.9. The predicted octanol–water partition coefficient (Wildman–Crippen LogP) is 4.62. The van der Waals surface area contributed by atoms with Crippen LogP contribution in [0, 0.1) is 0 Å². The third-order valence-corrected chi connectivity index (χ3v) is 4.31. The molecular weight excluding hydrogens is 313 g/mol. The molecule has 0 radical (unpaired) electrons. The molecule has 1 aromatic carbocycles. The highest BCUT2D eigenvalue weighted by atomic mass is 35.5. The van der Waals surface area contributed by atoms with E-state index in [1.807, 2.05) is 24.3 Å². The molecule has 0 aliphatic heterocycles. The van der Waals surface area contributed by atoms with Crippen LogP contribution in [0.4, 0.5) is 0 Å². The first kappa shape index (κ1) is 13.6. The number of para-hydroxylation sites is 1. The predicted molar refractivity (Wildman–Crippen MR) is 83.4 cm³/mol. The van der Waals surface area contributed by atoms with Crippen molar-refractivity contribution in [3.05, 3.63) is 58.6 Å². The number of thioether (sulfide) groups is 1. The zero-order valence-electron chi connectivity index (χ0n) is 10.3. The molecule has 0 N–H and O–H groups in total. The molecule has 2 heterocycles. The van der Waals surface area contributed by atoms with E-state index in [1.165, 1.54) is 0 Å². The third kappa shape index (κ3) is 2.87. The number of hydrogen-bond donors (Lipinski definition) is 0. The Morgan fingerprint density at radius 2 is 1.85 bits per heavy atom. The average Bonchev–Trinajstić information content (AvgIpc) is 2.48. The van der Waals surface area contributed by atoms with E-state index in [4.69, 9.17) is 23.2 Å². The Hall–Kier alpha value is -1.36. The van der Waals surface area contributed by atoms with Gasteiger partial charge in [0.05, 0.1) is 16.2 Å². The second kappa shape index (κ2) is 5.95. The number of halogens is 2. The Kier molecular flexibility index (Phi) is 4.05. The summed E-state index contributed by atoms with van der Waals surface area (Å²) in [5, 5.41) is 2.99. The molecule has 0 aliphatic rings. The SMILES string of the molecule is Clc1ccc(Cl)c(CSc2ncnc3ccccc23)n1. The van der Waals surface area contributed by atoms with Crippen molar-refractivity contribution in [2.45, 2.75) is 10.8 Å². The number of rotatable bonds is 3. The first-order chi connectivity index (χ1) is 9.74. The fraction of sp³-hybridized carbons (Fsp3) is 0.0714. The Labute approximate surface area is 130 Å². The molecule has 0 saturated carbocycles. The van der Waals surface area contributed by atoms with Crippen molar-refractivity contribution in [1.82, 2.24) is 15.0 Å². The molecule has 100 valence electrons. The molecule has 0 fully saturated rings. The van der Waals surface area contributed by atoms with E-state index in [1.54, 1.807) is 30.2 Å². The van der Waals surface area contributed by atoms with Crippen LogP contribution in [0.3, 0.4) is 0 Å². The normalized spacial score (nSPS) is 10.9. The van der Waals surface area contributed by atoms with Crippen LogP contribution in [0.15, 0.2) is 47.8 Å². The largest absolute Gasteiger partial charge is 0.239 e. The summed E-state index contributed by atoms with van der Waals surface area (Å²) in [7, 11) is 0. The van der Waals surface area contributed by atoms with Gasteiger partial charge in [0.25, 0.3) is 0 Å². The van der Waals surface area contributed by atoms with Crippen LogP contribution < -0.4 is 0 Å². The lowest BCUT2D eigenvalue weighted by atomic mass is 10.2. The minimum Gasteiger partial charge on any atom is -0.239 e. The summed E-state index contributed by atoms with van der Waals surface area (Å²) in [6.07, 6.45) is 1.57. The quantitative estimate of drug-likeness (QED) is 0.400. The maximum absolute atomic E-state index is 6.11. The lowest BCUT2D eigenvalue weighted by Crippen LogP contribution is -1.91. The molecule has 0 aliphatic carbocycles. The van der Waals surface area contributed by atoms with Gasteiger partial charge in [0.1, 0.15) is 16.5 Å². The lowest BCUT2D eigenvalue weighted by Gasteiger charge is -2.05. The summed E-state index contributed by atoms with van der Waals surface area (Å²) in [6.45, 7) is 0. The van der Waals surface area contributed by atoms with Crippen molar-refractivity contribution in [1.29, 1.82) is 0 Å². The molecule has 3 aromatic rings. The van der Waals surface area contributed by atoms with Gasteiger partial charge in [-0.15, -0.1) is 0 Å². The number of aromatic nitrogens is 3. The van der Waals surface area contributed by atoms with E-state index in [0.29, 0.717) is 15.9 Å². The number of benzene rings is 1. The van der Waals surface area contributed by atoms with Gasteiger partial charge < -0.3 is 0 Å². The van der Waals surface area contributed by atoms with Gasteiger partial charge in [-0.25, -0.2) is 15.0 Å². The number of pyridine rings is 1. The molecule has 20 heavy (non-hydrogen) atoms. The summed E-state index contributed by atoms with van der Waals surface area (Å²) in [5.74, 6) is 0.612. The van der Waals surface area contributed by atoms with Crippen molar-refractivity contribution in [2.75, 3.05) is 0 Å². The Balaban J connectivity index is 1.89. The molecule has 0 bridgehead atoms. The molecule has 0 atom stereocenters. The lowest BCUT2D eigenvalue weighted by molar-refractivity contribution is 1.09. The van der Waals surface area contributed by atoms with Crippen LogP contribution in [0.2, 0.25) is 10.2 Å². The van der Waals surface area contributed by atoms with Gasteiger partial charge in [0.2, 0.25) is 0 Å². The van der Waals surface area contributed by atoms with Crippen LogP contribution in [0.25, 0.3) is 10.9 Å². The highest BCUT2D eigenvalue weighted by Gasteiger charge is 2.08. The summed E-state index contributed by atoms with van der Waals surface area (Å²) in [6, 6.07) is 11.3. The summed E-state index contributed by atoms with van der Waals surface area (Å²) >= 11 is 13.6. The van der Waals surface area contributed by atoms with Gasteiger partial charge in [-0.1, -0.05) is 53.2 Å². The van der Waals surface area contributed by atoms with Crippen LogP contribution in [-0.2, 0) is 5.75 Å². The van der Waals surface area contributed by atoms with E-state index < -0.39 is 0 Å². The van der Waals surface area contributed by atoms with E-state index in [0.717, 1.165) is 21.6 Å². The molecule has 0 amide bonds. The summed E-state index contributed by atoms with van der Waals surface area (Å²) < 4.78 is 0. The van der Waals surface area contributed by atoms with Gasteiger partial charge >= 0.3 is 0 Å². The second-order valence-electron chi connectivity index (χ2n) is 4.05. The van der Waals surface area contributed by atoms with Crippen LogP contribution in [0.5, 0.6) is 0 Å². The van der Waals surface area contributed by atoms with Gasteiger partial charge in [-0.05, 0) is 18.2 Å². The second-order valence-corrected chi connectivity index (χ2v) is 5.81. The molecule has 0 spiro atoms. The Morgan fingerprint density at radius 3 is 2.75 bits per heavy atom. The minimum absolute atomic E-state index is 0.442. The molecule has 0 saturated heterocycles. The molecule has 3 nitrogen and oxygen atoms in total. The standard InChI is InChI=1S/C14H9Cl2N3S/c15-10-5-6-13(16)19-12(10)7-20-14-9-3-1-2-4-11(9)17-8-18-14/h1-6,8H,7H2. The minimum atomic E-state index is 0.442. The van der Waals surface area contributed by atoms with Crippen molar-refractivity contribution < 1.29 is 0 Å². The number of nitrogens with zero attached hydrogens (tertiary/aromatic N) is 3. The molecular formula is C14H9Cl2N3S. The van der Waals surface area contributed by atoms with E-state index in [2.05, 4.69) is 15.0 Å². The topological polar surface area (TPSA) is 38.7 Å². The van der Waals surface area contributed by atoms with E-state index in [-0.39, 0.29) is 0 Å². The first-order valence-corrected chi connectivity index (χ1v) is 7.61. The Morgan fingerprint density at radius 1 is 1.00 bits per heavy atom. The smallest absolute Gasteiger partial charge is 0.129 e. The fourth-order valence-corrected chi connectivity index (χ4v) is 3.15. The van der Waals surface area contributed by atoms with Crippen molar-refractivity contribution >= 4 is 45.9 Å². The highest BCUT2D eigenvalue weighted by molar-refractivity contribution is 7.98. The molecule has 2 aromatic heterocycles. The Bertz CT molecular complexity index is 759. The van der Waals surface area contributed by atoms with Gasteiger partial charge in [-0.3, -0.25) is 0 Å². The van der Waals surface area contributed by atoms with Crippen molar-refractivity contribution in [3.63, 3.8) is 0 Å². The number of hydrogen-bond acceptors (Lipinski definition) is 4. The molecule has 6 heteroatoms. The average molecular weight is 322 g/mol. The van der Waals surface area contributed by atoms with Crippen LogP contribution in [0.1, 0.15) is 5.69 Å². The maximum atomic E-state index is 6.11. The summed E-state index contributed by atoms with van der Waals surface area (Å²) in [4.78, 5) is 12.8. The van der Waals surface area contributed by atoms with E-state index in [9.17, 15) is 0 Å². The maximum Gasteiger partial charge on any atom is 0.129 e. The monoisotopic (exact) mass is 321 g/mol. The number of fused-ring (bicyclic) bond motifs is 1. The van der Waals surface area contributed by atoms with Crippen molar-refractivity contribution in [3.8, 4) is 0 Å². The zero-order valence-corrected chi connectivity index (χ0v) is 12.6. The van der Waals surface area contributed by atoms with Crippen LogP contribution >= 0.6 is 35.0 Å². The fourth-order valence-electron chi connectivity index (χ4n) is 1.79. The molecule has 0 unspecified atom stereocenters. The van der Waals surface area contributed by atoms with E-state index >= 15 is 0 Å². The molecule has 3 rings (SSSR count).